The average Bonchev–Trinajstić information content (AvgIpc) is 0.772. The van der Waals surface area contributed by atoms with Gasteiger partial charge in [0, 0.05) is 35.7 Å². The highest BCUT2D eigenvalue weighted by Crippen LogP contribution is 2.50. The number of phenolic OH excluding ortho intramolecular Hbond substituents is 3. The third kappa shape index (κ3) is 21.5. The number of ether oxygens (including phenoxy) is 7. The zero-order valence-corrected chi connectivity index (χ0v) is 69.1. The highest BCUT2D eigenvalue weighted by molar-refractivity contribution is 6.32. The van der Waals surface area contributed by atoms with Crippen LogP contribution in [0.1, 0.15) is 163 Å². The lowest BCUT2D eigenvalue weighted by atomic mass is 9.84. The number of carbonyl (C=O) groups is 9. The van der Waals surface area contributed by atoms with E-state index in [1.54, 1.807) is 6.92 Å². The lowest BCUT2D eigenvalue weighted by Gasteiger charge is -2.48. The Labute approximate surface area is 710 Å². The summed E-state index contributed by atoms with van der Waals surface area (Å²) in [4.78, 5) is 132. The number of hydrogen-bond donors (Lipinski definition) is 20. The third-order valence-corrected chi connectivity index (χ3v) is 22.4. The molecule has 36 nitrogen and oxygen atoms in total. The van der Waals surface area contributed by atoms with Crippen molar-refractivity contribution < 1.29 is 127 Å². The number of unbranched alkanes of at least 4 members (excludes halogenated alkanes) is 5. The molecule has 0 spiro atoms. The monoisotopic (exact) mass is 1740 g/mol. The van der Waals surface area contributed by atoms with Gasteiger partial charge in [-0.2, -0.15) is 0 Å². The van der Waals surface area contributed by atoms with Crippen LogP contribution in [0.5, 0.6) is 51.7 Å². The summed E-state index contributed by atoms with van der Waals surface area (Å²) in [6, 6.07) is 5.62. The fraction of sp³-hybridized carbons (Fsp3) is 0.464. The van der Waals surface area contributed by atoms with Crippen LogP contribution in [-0.4, -0.2) is 210 Å². The van der Waals surface area contributed by atoms with Gasteiger partial charge in [0.15, 0.2) is 29.9 Å². The van der Waals surface area contributed by atoms with Crippen LogP contribution in [0.4, 0.5) is 0 Å². The molecule has 0 aliphatic carbocycles. The van der Waals surface area contributed by atoms with Gasteiger partial charge in [0.25, 0.3) is 0 Å². The summed E-state index contributed by atoms with van der Waals surface area (Å²) < 4.78 is 45.3. The van der Waals surface area contributed by atoms with Crippen LogP contribution < -0.4 is 72.5 Å². The molecular formula is C84H102Cl2N10O26. The van der Waals surface area contributed by atoms with E-state index in [1.807, 2.05) is 38.1 Å². The minimum absolute atomic E-state index is 0.116. The minimum atomic E-state index is -2.39. The highest BCUT2D eigenvalue weighted by Gasteiger charge is 2.53. The maximum absolute atomic E-state index is 16.2. The first-order valence-corrected chi connectivity index (χ1v) is 40.7. The smallest absolute Gasteiger partial charge is 0.330 e. The number of rotatable bonds is 26. The van der Waals surface area contributed by atoms with Crippen LogP contribution in [0, 0.1) is 5.92 Å². The Balaban J connectivity index is 1.05. The number of carboxylic acids is 1. The quantitative estimate of drug-likeness (QED) is 0.0339. The van der Waals surface area contributed by atoms with E-state index in [9.17, 15) is 79.8 Å². The number of aliphatic hydroxyl groups excluding tert-OH is 6. The van der Waals surface area contributed by atoms with E-state index in [0.29, 0.717) is 12.4 Å². The van der Waals surface area contributed by atoms with Gasteiger partial charge in [-0.05, 0) is 141 Å². The zero-order chi connectivity index (χ0) is 88.5. The molecule has 122 heavy (non-hydrogen) atoms. The van der Waals surface area contributed by atoms with E-state index in [-0.39, 0.29) is 52.8 Å². The van der Waals surface area contributed by atoms with Gasteiger partial charge < -0.3 is 138 Å². The number of hydrogen-bond acceptors (Lipinski definition) is 27. The molecule has 0 radical (unpaired) electrons. The summed E-state index contributed by atoms with van der Waals surface area (Å²) in [7, 11) is 1.47. The van der Waals surface area contributed by atoms with Gasteiger partial charge in [0.05, 0.1) is 53.4 Å². The molecule has 7 heterocycles. The fourth-order valence-electron chi connectivity index (χ4n) is 15.1. The molecule has 0 aromatic heterocycles. The maximum Gasteiger partial charge on any atom is 0.330 e. The Hall–Kier alpha value is -10.7. The second-order valence-electron chi connectivity index (χ2n) is 31.5. The number of fused-ring (bicyclic) bond motifs is 15. The van der Waals surface area contributed by atoms with E-state index in [2.05, 4.69) is 54.8 Å². The molecule has 11 bridgehead atoms. The number of nitrogens with two attached hydrogens (primary N) is 1. The predicted octanol–water partition coefficient (Wildman–Crippen LogP) is 4.18. The molecule has 0 saturated carbocycles. The second-order valence-corrected chi connectivity index (χ2v) is 32.3. The van der Waals surface area contributed by atoms with Crippen molar-refractivity contribution in [3.05, 3.63) is 147 Å². The first-order chi connectivity index (χ1) is 58.0. The number of halogens is 2. The topological polar surface area (TPSA) is 555 Å². The van der Waals surface area contributed by atoms with E-state index in [1.165, 1.54) is 45.9 Å². The fourth-order valence-corrected chi connectivity index (χ4v) is 15.6. The predicted molar refractivity (Wildman–Crippen MR) is 435 cm³/mol. The van der Waals surface area contributed by atoms with Crippen molar-refractivity contribution in [1.29, 1.82) is 0 Å². The SMILES string of the molecule is CCCCCCCCOc1ccc(CN[C@H](C)C(=O)N[C@@]2(C)C[C@H](O[C@H]3[C@H](Oc4c5cc6cc4Oc4ccc(cc4Cl)[C@@H](O)[C@@H](NC(=O)[C@@H](CC(C)C)NC)C(=O)N[C@@H](CC(N)=O)C(=O)N[C@H]6C(=O)N[C@H]4C(=O)N[C@H](C(=O)N[C@H](C(=O)O)c6cc(O)cc(O)c6-c6cc4ccc6O)[C@H](O)c4ccc(c(Cl)c4)O5)O[C@H](CO)[C@@H](O)[C@@H]3O)O[C@@H](C)[C@H]2O)cc1. The van der Waals surface area contributed by atoms with Gasteiger partial charge in [-0.3, -0.25) is 38.4 Å². The summed E-state index contributed by atoms with van der Waals surface area (Å²) in [5.41, 5.74) is 2.08. The van der Waals surface area contributed by atoms with Gasteiger partial charge in [0.2, 0.25) is 59.3 Å². The average molecular weight is 1740 g/mol. The molecule has 21 N–H and O–H groups in total. The number of carboxylic acid groups (broad SMARTS) is 1. The number of likely N-dealkylation sites (N-methyl/N-ethyl adjacent to an activating group) is 1. The highest BCUT2D eigenvalue weighted by atomic mass is 35.5. The van der Waals surface area contributed by atoms with E-state index >= 15 is 14.4 Å². The van der Waals surface area contributed by atoms with Crippen molar-refractivity contribution in [2.45, 2.75) is 221 Å². The maximum atomic E-state index is 16.2. The van der Waals surface area contributed by atoms with Gasteiger partial charge in [-0.1, -0.05) is 106 Å². The number of aliphatic carboxylic acids is 1. The van der Waals surface area contributed by atoms with Gasteiger partial charge in [-0.15, -0.1) is 0 Å². The molecule has 6 aromatic carbocycles. The number of nitrogens with one attached hydrogen (secondary N) is 9. The lowest BCUT2D eigenvalue weighted by molar-refractivity contribution is -0.334. The van der Waals surface area contributed by atoms with Crippen molar-refractivity contribution >= 4 is 76.4 Å². The van der Waals surface area contributed by atoms with Crippen LogP contribution in [0.25, 0.3) is 11.1 Å². The molecule has 38 heteroatoms. The Morgan fingerprint density at radius 3 is 1.92 bits per heavy atom. The van der Waals surface area contributed by atoms with E-state index in [4.69, 9.17) is 62.1 Å². The Morgan fingerprint density at radius 1 is 0.672 bits per heavy atom. The first-order valence-electron chi connectivity index (χ1n) is 39.9. The standard InChI is InChI=1S/C84H102Cl2N10O26/c1-8-9-10-11-12-13-24-116-46-19-14-40(15-20-46)35-89-38(4)75(107)96-84(6)34-61(117-39(5)74(84)106)121-73-71(105)70(104)59(36-97)120-83(73)122-72-57-29-44-30-58(72)119-56-23-18-43(28-50(56)86)69(103)67-81(113)93-65(82(114)115)48-31-45(98)32-54(100)62(48)47-26-41(16-21-53(47)99)63(78(110)95-67)92-79(111)64(44)91-77(109)52(33-60(87)101)90-80(112)66(94-76(108)51(88-7)25-37(2)3)68(102)42-17-22-55(118-57)49(85)27-42/h14-23,26-32,37-39,51-52,59,61,63-71,73-74,83,88-89,97-100,102-106H,8-13,24-25,33-36H2,1-7H3,(H2,87,101)(H,90,112)(H,91,109)(H,92,111)(H,93,113)(H,94,108)(H,95,110)(H,96,107)(H,114,115)/t38-,39+,51-,52+,59-,61+,63-,64-,65+,66-,67+,68-,69-,70-,71+,73-,74-,83+,84+/m1/s1. The van der Waals surface area contributed by atoms with Gasteiger partial charge in [-0.25, -0.2) is 4.79 Å². The molecule has 2 fully saturated rings. The van der Waals surface area contributed by atoms with Crippen LogP contribution in [0.2, 0.25) is 10.0 Å². The molecule has 13 rings (SSSR count). The minimum Gasteiger partial charge on any atom is -0.508 e. The molecule has 6 aromatic rings. The second kappa shape index (κ2) is 40.1. The van der Waals surface area contributed by atoms with Crippen LogP contribution in [0.3, 0.4) is 0 Å². The molecule has 7 aliphatic heterocycles. The third-order valence-electron chi connectivity index (χ3n) is 21.8. The molecule has 0 unspecified atom stereocenters. The molecular weight excluding hydrogens is 1640 g/mol. The molecule has 19 atom stereocenters. The number of aliphatic hydroxyl groups is 6. The lowest BCUT2D eigenvalue weighted by Crippen LogP contribution is -2.67. The van der Waals surface area contributed by atoms with E-state index < -0.39 is 249 Å². The van der Waals surface area contributed by atoms with Crippen molar-refractivity contribution in [1.82, 2.24) is 47.9 Å². The molecule has 7 aliphatic rings. The normalized spacial score (nSPS) is 26.6. The number of aromatic hydroxyl groups is 3. The van der Waals surface area contributed by atoms with Crippen LogP contribution in [-0.2, 0) is 63.9 Å². The van der Waals surface area contributed by atoms with Crippen molar-refractivity contribution in [3.8, 4) is 62.9 Å². The number of carbonyl (C=O) groups excluding carboxylic acids is 8. The number of amides is 8. The Kier molecular flexibility index (Phi) is 30.2. The Bertz CT molecular complexity index is 4860. The Morgan fingerprint density at radius 2 is 1.30 bits per heavy atom. The number of phenols is 3. The summed E-state index contributed by atoms with van der Waals surface area (Å²) in [5.74, 6) is -16.2. The van der Waals surface area contributed by atoms with Crippen molar-refractivity contribution in [3.63, 3.8) is 0 Å². The summed E-state index contributed by atoms with van der Waals surface area (Å²) >= 11 is 14.3. The van der Waals surface area contributed by atoms with Crippen molar-refractivity contribution in [2.75, 3.05) is 20.3 Å². The zero-order valence-electron chi connectivity index (χ0n) is 67.6. The van der Waals surface area contributed by atoms with Crippen molar-refractivity contribution in [2.24, 2.45) is 11.7 Å². The number of primary amides is 1. The molecule has 8 amide bonds. The number of benzene rings is 6. The summed E-state index contributed by atoms with van der Waals surface area (Å²) in [6.07, 6.45) is -13.1. The van der Waals surface area contributed by atoms with E-state index in [0.717, 1.165) is 98.0 Å². The summed E-state index contributed by atoms with van der Waals surface area (Å²) in [6.45, 7) is 10.2. The van der Waals surface area contributed by atoms with Gasteiger partial charge >= 0.3 is 5.97 Å². The van der Waals surface area contributed by atoms with Gasteiger partial charge in [0.1, 0.15) is 101 Å². The summed E-state index contributed by atoms with van der Waals surface area (Å²) in [5, 5.41) is 139. The molecule has 2 saturated heterocycles. The molecule has 658 valence electrons. The van der Waals surface area contributed by atoms with Crippen LogP contribution in [0.15, 0.2) is 103 Å². The first kappa shape index (κ1) is 92.0. The van der Waals surface area contributed by atoms with Crippen LogP contribution >= 0.6 is 23.2 Å². The largest absolute Gasteiger partial charge is 0.508 e.